The molecule has 4 rings (SSSR count). The molecule has 6 nitrogen and oxygen atoms in total. The molecular weight excluding hydrogens is 450 g/mol. The molecule has 1 aliphatic rings. The van der Waals surface area contributed by atoms with Gasteiger partial charge in [-0.15, -0.1) is 0 Å². The van der Waals surface area contributed by atoms with E-state index in [-0.39, 0.29) is 17.9 Å². The minimum absolute atomic E-state index is 0.0432. The second-order valence-corrected chi connectivity index (χ2v) is 8.68. The summed E-state index contributed by atoms with van der Waals surface area (Å²) in [4.78, 5) is 20.4. The molecule has 1 amide bonds. The van der Waals surface area contributed by atoms with E-state index >= 15 is 0 Å². The normalized spacial score (nSPS) is 14.9. The topological polar surface area (TPSA) is 63.7 Å². The minimum Gasteiger partial charge on any atom is -0.497 e. The number of halogens is 1. The van der Waals surface area contributed by atoms with Crippen molar-refractivity contribution in [2.45, 2.75) is 18.9 Å². The highest BCUT2D eigenvalue weighted by Crippen LogP contribution is 2.32. The van der Waals surface area contributed by atoms with Crippen molar-refractivity contribution in [3.05, 3.63) is 89.2 Å². The van der Waals surface area contributed by atoms with Gasteiger partial charge in [0.25, 0.3) is 0 Å². The van der Waals surface area contributed by atoms with Crippen molar-refractivity contribution in [2.24, 2.45) is 5.92 Å². The molecule has 1 atom stereocenters. The number of aromatic nitrogens is 1. The fourth-order valence-electron chi connectivity index (χ4n) is 4.35. The summed E-state index contributed by atoms with van der Waals surface area (Å²) in [5.74, 6) is 1.41. The third-order valence-electron chi connectivity index (χ3n) is 6.09. The standard InChI is InChI=1S/C27H30ClN3O3/c1-33-22-8-6-7-21(19-22)26(24-10-4-5-14-30-24)31(27(32)20-12-15-29-16-13-20)17-18-34-25-11-3-2-9-23(25)28/h2-11,14,19-20,26,29H,12-13,15-18H2,1H3/t26-/m0/s1. The van der Waals surface area contributed by atoms with E-state index in [1.165, 1.54) is 0 Å². The van der Waals surface area contributed by atoms with Gasteiger partial charge in [-0.3, -0.25) is 9.78 Å². The second-order valence-electron chi connectivity index (χ2n) is 8.27. The number of para-hydroxylation sites is 1. The molecule has 0 radical (unpaired) electrons. The van der Waals surface area contributed by atoms with Gasteiger partial charge < -0.3 is 19.7 Å². The molecule has 3 aromatic rings. The van der Waals surface area contributed by atoms with Crippen LogP contribution in [0, 0.1) is 5.92 Å². The summed E-state index contributed by atoms with van der Waals surface area (Å²) in [6.07, 6.45) is 3.39. The molecule has 2 aromatic carbocycles. The Hall–Kier alpha value is -3.09. The fourth-order valence-corrected chi connectivity index (χ4v) is 4.54. The van der Waals surface area contributed by atoms with Gasteiger partial charge in [0.1, 0.15) is 18.1 Å². The number of nitrogens with one attached hydrogen (secondary N) is 1. The first-order valence-electron chi connectivity index (χ1n) is 11.6. The van der Waals surface area contributed by atoms with Crippen molar-refractivity contribution in [3.63, 3.8) is 0 Å². The Kier molecular flexibility index (Phi) is 8.39. The van der Waals surface area contributed by atoms with Crippen LogP contribution in [0.25, 0.3) is 0 Å². The zero-order chi connectivity index (χ0) is 23.8. The minimum atomic E-state index is -0.367. The number of benzene rings is 2. The van der Waals surface area contributed by atoms with E-state index < -0.39 is 0 Å². The lowest BCUT2D eigenvalue weighted by Crippen LogP contribution is -2.45. The third kappa shape index (κ3) is 5.88. The molecule has 0 bridgehead atoms. The molecule has 1 N–H and O–H groups in total. The molecule has 1 fully saturated rings. The summed E-state index contributed by atoms with van der Waals surface area (Å²) in [5.41, 5.74) is 1.74. The lowest BCUT2D eigenvalue weighted by atomic mass is 9.93. The number of carbonyl (C=O) groups is 1. The van der Waals surface area contributed by atoms with Crippen LogP contribution >= 0.6 is 11.6 Å². The molecule has 0 saturated carbocycles. The van der Waals surface area contributed by atoms with E-state index in [1.54, 1.807) is 19.4 Å². The van der Waals surface area contributed by atoms with Crippen molar-refractivity contribution >= 4 is 17.5 Å². The first-order valence-corrected chi connectivity index (χ1v) is 12.0. The van der Waals surface area contributed by atoms with Crippen molar-refractivity contribution in [2.75, 3.05) is 33.4 Å². The van der Waals surface area contributed by atoms with Gasteiger partial charge in [-0.05, 0) is 67.9 Å². The van der Waals surface area contributed by atoms with E-state index in [0.717, 1.165) is 42.9 Å². The average Bonchev–Trinajstić information content (AvgIpc) is 2.90. The smallest absolute Gasteiger partial charge is 0.226 e. The predicted molar refractivity (Wildman–Crippen MR) is 133 cm³/mol. The van der Waals surface area contributed by atoms with Gasteiger partial charge in [-0.2, -0.15) is 0 Å². The zero-order valence-electron chi connectivity index (χ0n) is 19.3. The average molecular weight is 480 g/mol. The van der Waals surface area contributed by atoms with Gasteiger partial charge >= 0.3 is 0 Å². The van der Waals surface area contributed by atoms with Crippen LogP contribution in [0.15, 0.2) is 72.9 Å². The van der Waals surface area contributed by atoms with Gasteiger partial charge in [0.15, 0.2) is 0 Å². The highest BCUT2D eigenvalue weighted by Gasteiger charge is 2.33. The van der Waals surface area contributed by atoms with Gasteiger partial charge in [-0.1, -0.05) is 41.9 Å². The van der Waals surface area contributed by atoms with E-state index in [1.807, 2.05) is 65.6 Å². The highest BCUT2D eigenvalue weighted by molar-refractivity contribution is 6.32. The SMILES string of the molecule is COc1cccc([C@@H](c2ccccn2)N(CCOc2ccccc2Cl)C(=O)C2CCNCC2)c1. The number of carbonyl (C=O) groups excluding carboxylic acids is 1. The largest absolute Gasteiger partial charge is 0.497 e. The third-order valence-corrected chi connectivity index (χ3v) is 6.40. The number of piperidine rings is 1. The number of nitrogens with zero attached hydrogens (tertiary/aromatic N) is 2. The van der Waals surface area contributed by atoms with Crippen molar-refractivity contribution in [3.8, 4) is 11.5 Å². The molecule has 1 aromatic heterocycles. The van der Waals surface area contributed by atoms with Crippen LogP contribution in [0.3, 0.4) is 0 Å². The van der Waals surface area contributed by atoms with Crippen LogP contribution in [0.1, 0.15) is 30.1 Å². The van der Waals surface area contributed by atoms with Crippen molar-refractivity contribution < 1.29 is 14.3 Å². The van der Waals surface area contributed by atoms with Crippen molar-refractivity contribution in [1.29, 1.82) is 0 Å². The van der Waals surface area contributed by atoms with Gasteiger partial charge in [0.2, 0.25) is 5.91 Å². The molecule has 1 aliphatic heterocycles. The van der Waals surface area contributed by atoms with Crippen LogP contribution in [0.2, 0.25) is 5.02 Å². The Morgan fingerprint density at radius 2 is 1.91 bits per heavy atom. The number of methoxy groups -OCH3 is 1. The molecular formula is C27H30ClN3O3. The number of amides is 1. The van der Waals surface area contributed by atoms with Crippen LogP contribution in [0.4, 0.5) is 0 Å². The predicted octanol–water partition coefficient (Wildman–Crippen LogP) is 4.74. The van der Waals surface area contributed by atoms with Gasteiger partial charge in [-0.25, -0.2) is 0 Å². The lowest BCUT2D eigenvalue weighted by Gasteiger charge is -2.36. The molecule has 0 aliphatic carbocycles. The maximum Gasteiger partial charge on any atom is 0.226 e. The lowest BCUT2D eigenvalue weighted by molar-refractivity contribution is -0.138. The number of pyridine rings is 1. The quantitative estimate of drug-likeness (QED) is 0.480. The maximum atomic E-state index is 13.9. The first-order chi connectivity index (χ1) is 16.7. The van der Waals surface area contributed by atoms with E-state index in [0.29, 0.717) is 23.9 Å². The van der Waals surface area contributed by atoms with Crippen LogP contribution in [-0.4, -0.2) is 49.1 Å². The molecule has 1 saturated heterocycles. The molecule has 0 unspecified atom stereocenters. The Labute approximate surface area is 205 Å². The molecule has 0 spiro atoms. The number of rotatable bonds is 9. The monoisotopic (exact) mass is 479 g/mol. The van der Waals surface area contributed by atoms with E-state index in [4.69, 9.17) is 21.1 Å². The van der Waals surface area contributed by atoms with E-state index in [2.05, 4.69) is 10.3 Å². The summed E-state index contributed by atoms with van der Waals surface area (Å²) in [5, 5.41) is 3.90. The molecule has 34 heavy (non-hydrogen) atoms. The van der Waals surface area contributed by atoms with Crippen LogP contribution in [0.5, 0.6) is 11.5 Å². The Balaban J connectivity index is 1.67. The number of hydrogen-bond donors (Lipinski definition) is 1. The summed E-state index contributed by atoms with van der Waals surface area (Å²) < 4.78 is 11.5. The van der Waals surface area contributed by atoms with Crippen LogP contribution in [-0.2, 0) is 4.79 Å². The fraction of sp³-hybridized carbons (Fsp3) is 0.333. The van der Waals surface area contributed by atoms with Gasteiger partial charge in [0.05, 0.1) is 30.4 Å². The molecule has 178 valence electrons. The summed E-state index contributed by atoms with van der Waals surface area (Å²) >= 11 is 6.28. The Morgan fingerprint density at radius 3 is 2.65 bits per heavy atom. The first kappa shape index (κ1) is 24.0. The van der Waals surface area contributed by atoms with Gasteiger partial charge in [0, 0.05) is 12.1 Å². The van der Waals surface area contributed by atoms with E-state index in [9.17, 15) is 4.79 Å². The Bertz CT molecular complexity index is 1070. The van der Waals surface area contributed by atoms with Crippen LogP contribution < -0.4 is 14.8 Å². The second kappa shape index (κ2) is 11.9. The number of hydrogen-bond acceptors (Lipinski definition) is 5. The summed E-state index contributed by atoms with van der Waals surface area (Å²) in [7, 11) is 1.64. The summed E-state index contributed by atoms with van der Waals surface area (Å²) in [6.45, 7) is 2.39. The highest BCUT2D eigenvalue weighted by atomic mass is 35.5. The molecule has 2 heterocycles. The maximum absolute atomic E-state index is 13.9. The zero-order valence-corrected chi connectivity index (χ0v) is 20.1. The summed E-state index contributed by atoms with van der Waals surface area (Å²) in [6, 6.07) is 20.6. The number of ether oxygens (including phenoxy) is 2. The Morgan fingerprint density at radius 1 is 1.12 bits per heavy atom. The van der Waals surface area contributed by atoms with Crippen molar-refractivity contribution in [1.82, 2.24) is 15.2 Å². The molecule has 7 heteroatoms.